The molecule has 0 heterocycles. The summed E-state index contributed by atoms with van der Waals surface area (Å²) in [4.78, 5) is 11.8. The normalized spacial score (nSPS) is 11.1. The van der Waals surface area contributed by atoms with Crippen molar-refractivity contribution >= 4 is 37.9 Å². The number of nitrogens with one attached hydrogen (secondary N) is 1. The molecule has 0 unspecified atom stereocenters. The van der Waals surface area contributed by atoms with E-state index in [9.17, 15) is 13.2 Å². The van der Waals surface area contributed by atoms with Crippen LogP contribution >= 0.6 is 15.9 Å². The Balaban J connectivity index is 2.19. The highest BCUT2D eigenvalue weighted by molar-refractivity contribution is 9.10. The number of benzene rings is 2. The van der Waals surface area contributed by atoms with Crippen molar-refractivity contribution in [1.82, 2.24) is 4.72 Å². The zero-order chi connectivity index (χ0) is 18.4. The van der Waals surface area contributed by atoms with Gasteiger partial charge < -0.3 is 4.74 Å². The van der Waals surface area contributed by atoms with Gasteiger partial charge in [-0.25, -0.2) is 13.1 Å². The Morgan fingerprint density at radius 2 is 2.00 bits per heavy atom. The average molecular weight is 421 g/mol. The van der Waals surface area contributed by atoms with Gasteiger partial charge >= 0.3 is 0 Å². The van der Waals surface area contributed by atoms with Crippen molar-refractivity contribution in [1.29, 1.82) is 5.26 Å². The number of hydrogen-bond acceptors (Lipinski definition) is 5. The number of methoxy groups -OCH3 is 1. The monoisotopic (exact) mass is 420 g/mol. The zero-order valence-corrected chi connectivity index (χ0v) is 15.5. The van der Waals surface area contributed by atoms with Crippen LogP contribution in [-0.4, -0.2) is 21.4 Å². The quantitative estimate of drug-likeness (QED) is 0.749. The highest BCUT2D eigenvalue weighted by Crippen LogP contribution is 2.21. The third kappa shape index (κ3) is 4.68. The second-order valence-electron chi connectivity index (χ2n) is 4.80. The van der Waals surface area contributed by atoms with Crippen LogP contribution < -0.4 is 9.46 Å². The van der Waals surface area contributed by atoms with Crippen LogP contribution in [0.4, 0.5) is 0 Å². The first kappa shape index (κ1) is 18.7. The van der Waals surface area contributed by atoms with E-state index in [0.29, 0.717) is 15.8 Å². The summed E-state index contributed by atoms with van der Waals surface area (Å²) in [6, 6.07) is 12.8. The number of carbonyl (C=O) groups excluding carboxylic acids is 1. The highest BCUT2D eigenvalue weighted by Gasteiger charge is 2.17. The van der Waals surface area contributed by atoms with Gasteiger partial charge in [0.05, 0.1) is 17.6 Å². The SMILES string of the molecule is COc1ccccc1C=CC(=O)NS(=O)(=O)c1ccc(Br)c(C#N)c1. The molecular formula is C17H13BrN2O4S. The van der Waals surface area contributed by atoms with E-state index in [2.05, 4.69) is 15.9 Å². The molecule has 0 aliphatic rings. The number of ether oxygens (including phenoxy) is 1. The molecule has 0 atom stereocenters. The number of sulfonamides is 1. The van der Waals surface area contributed by atoms with Crippen molar-refractivity contribution in [3.05, 3.63) is 64.1 Å². The number of amides is 1. The van der Waals surface area contributed by atoms with Crippen LogP contribution in [0.25, 0.3) is 6.08 Å². The maximum absolute atomic E-state index is 12.2. The molecule has 0 fully saturated rings. The summed E-state index contributed by atoms with van der Waals surface area (Å²) in [5, 5.41) is 8.96. The zero-order valence-electron chi connectivity index (χ0n) is 13.1. The van der Waals surface area contributed by atoms with Gasteiger partial charge in [-0.1, -0.05) is 18.2 Å². The van der Waals surface area contributed by atoms with Crippen LogP contribution in [0, 0.1) is 11.3 Å². The van der Waals surface area contributed by atoms with Crippen molar-refractivity contribution in [2.45, 2.75) is 4.90 Å². The average Bonchev–Trinajstić information content (AvgIpc) is 2.60. The molecule has 0 spiro atoms. The van der Waals surface area contributed by atoms with Gasteiger partial charge in [0, 0.05) is 16.1 Å². The van der Waals surface area contributed by atoms with Crippen LogP contribution in [0.5, 0.6) is 5.75 Å². The number of carbonyl (C=O) groups is 1. The van der Waals surface area contributed by atoms with Crippen LogP contribution in [0.2, 0.25) is 0 Å². The minimum Gasteiger partial charge on any atom is -0.496 e. The fourth-order valence-electron chi connectivity index (χ4n) is 1.95. The topological polar surface area (TPSA) is 96.3 Å². The molecule has 2 aromatic carbocycles. The van der Waals surface area contributed by atoms with Crippen molar-refractivity contribution in [2.75, 3.05) is 7.11 Å². The van der Waals surface area contributed by atoms with E-state index in [1.807, 2.05) is 10.8 Å². The maximum atomic E-state index is 12.2. The third-order valence-electron chi connectivity index (χ3n) is 3.16. The largest absolute Gasteiger partial charge is 0.496 e. The van der Waals surface area contributed by atoms with E-state index in [-0.39, 0.29) is 10.5 Å². The van der Waals surface area contributed by atoms with E-state index >= 15 is 0 Å². The smallest absolute Gasteiger partial charge is 0.264 e. The van der Waals surface area contributed by atoms with Gasteiger partial charge in [0.25, 0.3) is 15.9 Å². The van der Waals surface area contributed by atoms with Gasteiger partial charge in [0.1, 0.15) is 11.8 Å². The van der Waals surface area contributed by atoms with Crippen molar-refractivity contribution in [3.8, 4) is 11.8 Å². The lowest BCUT2D eigenvalue weighted by atomic mass is 10.2. The minimum atomic E-state index is -4.08. The Kier molecular flexibility index (Phi) is 5.96. The number of nitriles is 1. The third-order valence-corrected chi connectivity index (χ3v) is 5.19. The molecule has 2 aromatic rings. The molecule has 0 saturated carbocycles. The molecule has 1 amide bonds. The number of para-hydroxylation sites is 1. The van der Waals surface area contributed by atoms with Gasteiger partial charge in [-0.05, 0) is 46.3 Å². The Morgan fingerprint density at radius 3 is 2.68 bits per heavy atom. The molecule has 0 radical (unpaired) electrons. The number of halogens is 1. The summed E-state index contributed by atoms with van der Waals surface area (Å²) in [5.41, 5.74) is 0.785. The molecule has 1 N–H and O–H groups in total. The second kappa shape index (κ2) is 7.96. The molecule has 128 valence electrons. The fourth-order valence-corrected chi connectivity index (χ4v) is 3.26. The Morgan fingerprint density at radius 1 is 1.28 bits per heavy atom. The molecule has 0 aliphatic heterocycles. The van der Waals surface area contributed by atoms with E-state index in [4.69, 9.17) is 10.00 Å². The second-order valence-corrected chi connectivity index (χ2v) is 7.34. The van der Waals surface area contributed by atoms with E-state index < -0.39 is 15.9 Å². The molecule has 6 nitrogen and oxygen atoms in total. The van der Waals surface area contributed by atoms with Crippen molar-refractivity contribution in [3.63, 3.8) is 0 Å². The number of hydrogen-bond donors (Lipinski definition) is 1. The molecule has 2 rings (SSSR count). The summed E-state index contributed by atoms with van der Waals surface area (Å²) in [6.45, 7) is 0. The minimum absolute atomic E-state index is 0.153. The summed E-state index contributed by atoms with van der Waals surface area (Å²) in [5.74, 6) is -0.256. The van der Waals surface area contributed by atoms with Gasteiger partial charge in [-0.3, -0.25) is 4.79 Å². The molecule has 0 bridgehead atoms. The van der Waals surface area contributed by atoms with Crippen molar-refractivity contribution < 1.29 is 17.9 Å². The summed E-state index contributed by atoms with van der Waals surface area (Å²) in [6.07, 6.45) is 2.55. The Hall–Kier alpha value is -2.63. The van der Waals surface area contributed by atoms with Gasteiger partial charge in [0.2, 0.25) is 0 Å². The molecule has 0 saturated heterocycles. The molecule has 0 aliphatic carbocycles. The van der Waals surface area contributed by atoms with Gasteiger partial charge in [-0.15, -0.1) is 0 Å². The summed E-state index contributed by atoms with van der Waals surface area (Å²) < 4.78 is 32.0. The van der Waals surface area contributed by atoms with Crippen molar-refractivity contribution in [2.24, 2.45) is 0 Å². The lowest BCUT2D eigenvalue weighted by molar-refractivity contribution is -0.114. The summed E-state index contributed by atoms with van der Waals surface area (Å²) >= 11 is 3.14. The van der Waals surface area contributed by atoms with Crippen LogP contribution in [-0.2, 0) is 14.8 Å². The molecule has 8 heteroatoms. The van der Waals surface area contributed by atoms with Gasteiger partial charge in [-0.2, -0.15) is 5.26 Å². The fraction of sp³-hybridized carbons (Fsp3) is 0.0588. The molecular weight excluding hydrogens is 408 g/mol. The Bertz CT molecular complexity index is 978. The van der Waals surface area contributed by atoms with E-state index in [0.717, 1.165) is 6.08 Å². The summed E-state index contributed by atoms with van der Waals surface area (Å²) in [7, 11) is -2.59. The predicted molar refractivity (Wildman–Crippen MR) is 96.2 cm³/mol. The van der Waals surface area contributed by atoms with Gasteiger partial charge in [0.15, 0.2) is 0 Å². The Labute approximate surface area is 153 Å². The van der Waals surface area contributed by atoms with Crippen LogP contribution in [0.1, 0.15) is 11.1 Å². The lowest BCUT2D eigenvalue weighted by Crippen LogP contribution is -2.29. The number of nitrogens with zero attached hydrogens (tertiary/aromatic N) is 1. The first-order valence-corrected chi connectivity index (χ1v) is 9.22. The van der Waals surface area contributed by atoms with Crippen LogP contribution in [0.3, 0.4) is 0 Å². The van der Waals surface area contributed by atoms with E-state index in [1.165, 1.54) is 31.4 Å². The first-order chi connectivity index (χ1) is 11.9. The van der Waals surface area contributed by atoms with E-state index in [1.54, 1.807) is 24.3 Å². The molecule has 25 heavy (non-hydrogen) atoms. The predicted octanol–water partition coefficient (Wildman–Crippen LogP) is 2.85. The lowest BCUT2D eigenvalue weighted by Gasteiger charge is -2.06. The standard InChI is InChI=1S/C17H13BrN2O4S/c1-24-16-5-3-2-4-12(16)6-9-17(21)20-25(22,23)14-7-8-15(18)13(10-14)11-19/h2-10H,1H3,(H,20,21). The van der Waals surface area contributed by atoms with Crippen LogP contribution in [0.15, 0.2) is 57.9 Å². The number of rotatable bonds is 5. The first-order valence-electron chi connectivity index (χ1n) is 6.95. The highest BCUT2D eigenvalue weighted by atomic mass is 79.9. The molecule has 0 aromatic heterocycles. The maximum Gasteiger partial charge on any atom is 0.264 e.